The molecule has 0 amide bonds. The van der Waals surface area contributed by atoms with Gasteiger partial charge in [-0.2, -0.15) is 0 Å². The van der Waals surface area contributed by atoms with Gasteiger partial charge in [-0.05, 0) is 141 Å². The largest absolute Gasteiger partial charge is 0.396 e. The number of aliphatic hydroxyl groups is 2. The Hall–Kier alpha value is -0.480. The summed E-state index contributed by atoms with van der Waals surface area (Å²) in [6, 6.07) is 0. The summed E-state index contributed by atoms with van der Waals surface area (Å²) in [6.07, 6.45) is 51.2. The van der Waals surface area contributed by atoms with Crippen molar-refractivity contribution in [1.82, 2.24) is 0 Å². The number of quaternary nitrogens is 10. The predicted molar refractivity (Wildman–Crippen MR) is 378 cm³/mol. The molecule has 15 heterocycles. The minimum absolute atomic E-state index is 0.374. The summed E-state index contributed by atoms with van der Waals surface area (Å²) in [7, 11) is 0. The third-order valence-electron chi connectivity index (χ3n) is 29.9. The molecule has 0 aromatic heterocycles. The smallest absolute Gasteiger partial charge is 0.129 e. The van der Waals surface area contributed by atoms with Crippen LogP contribution in [0.3, 0.4) is 0 Å². The van der Waals surface area contributed by atoms with Crippen LogP contribution in [0.15, 0.2) is 0 Å². The third kappa shape index (κ3) is 21.0. The zero-order chi connectivity index (χ0) is 62.2. The molecule has 15 fully saturated rings. The molecule has 0 radical (unpaired) electrons. The molecule has 0 aromatic rings. The van der Waals surface area contributed by atoms with E-state index in [4.69, 9.17) is 10.2 Å². The summed E-state index contributed by atoms with van der Waals surface area (Å²) in [6.45, 7) is 59.9. The molecule has 2 N–H and O–H groups in total. The summed E-state index contributed by atoms with van der Waals surface area (Å²) in [4.78, 5) is 0. The number of nitrogens with zero attached hydrogens (tertiary/aromatic N) is 10. The Morgan fingerprint density at radius 1 is 0.111 bits per heavy atom. The number of hydrogen-bond donors (Lipinski definition) is 2. The first-order valence-corrected chi connectivity index (χ1v) is 41.8. The van der Waals surface area contributed by atoms with Crippen molar-refractivity contribution in [3.8, 4) is 0 Å². The summed E-state index contributed by atoms with van der Waals surface area (Å²) >= 11 is 0. The Bertz CT molecular complexity index is 1740. The maximum atomic E-state index is 9.03. The van der Waals surface area contributed by atoms with Gasteiger partial charge in [0.05, 0.1) is 65.4 Å². The van der Waals surface area contributed by atoms with Gasteiger partial charge in [-0.25, -0.2) is 0 Å². The van der Waals surface area contributed by atoms with Gasteiger partial charge in [0, 0.05) is 13.2 Å². The van der Waals surface area contributed by atoms with Crippen molar-refractivity contribution in [3.63, 3.8) is 0 Å². The highest BCUT2D eigenvalue weighted by molar-refractivity contribution is 4.70. The van der Waals surface area contributed by atoms with Gasteiger partial charge < -0.3 is 55.0 Å². The van der Waals surface area contributed by atoms with E-state index < -0.39 is 0 Å². The molecule has 0 spiro atoms. The first-order chi connectivity index (χ1) is 44.1. The normalized spacial score (nSPS) is 35.8. The first kappa shape index (κ1) is 72.3. The Morgan fingerprint density at radius 3 is 0.278 bits per heavy atom. The average Bonchev–Trinajstić information content (AvgIpc) is 0.884. The monoisotopic (exact) mass is 1270 g/mol. The van der Waals surface area contributed by atoms with E-state index in [0.29, 0.717) is 13.2 Å². The van der Waals surface area contributed by atoms with Crippen LogP contribution >= 0.6 is 0 Å². The zero-order valence-electron chi connectivity index (χ0n) is 60.5. The Balaban J connectivity index is 0.464. The van der Waals surface area contributed by atoms with Crippen LogP contribution in [-0.4, -0.2) is 330 Å². The van der Waals surface area contributed by atoms with Crippen molar-refractivity contribution in [3.05, 3.63) is 0 Å². The van der Waals surface area contributed by atoms with Gasteiger partial charge in [-0.3, -0.25) is 0 Å². The fourth-order valence-electron chi connectivity index (χ4n) is 22.0. The molecule has 0 atom stereocenters. The quantitative estimate of drug-likeness (QED) is 0.0471. The zero-order valence-corrected chi connectivity index (χ0v) is 60.5. The van der Waals surface area contributed by atoms with Crippen LogP contribution in [0.1, 0.15) is 231 Å². The van der Waals surface area contributed by atoms with E-state index in [2.05, 4.69) is 0 Å². The van der Waals surface area contributed by atoms with Crippen molar-refractivity contribution in [2.24, 2.45) is 0 Å². The fraction of sp³-hybridized carbons (Fsp3) is 1.00. The van der Waals surface area contributed by atoms with E-state index in [1.807, 2.05) is 0 Å². The highest BCUT2D eigenvalue weighted by Crippen LogP contribution is 2.34. The van der Waals surface area contributed by atoms with Crippen LogP contribution in [0.25, 0.3) is 0 Å². The van der Waals surface area contributed by atoms with Gasteiger partial charge in [0.25, 0.3) is 0 Å². The summed E-state index contributed by atoms with van der Waals surface area (Å²) in [5.74, 6) is 0. The Labute approximate surface area is 558 Å². The Morgan fingerprint density at radius 2 is 0.189 bits per heavy atom. The number of piperazine rings is 15. The van der Waals surface area contributed by atoms with Crippen LogP contribution in [0, 0.1) is 0 Å². The molecule has 15 aliphatic heterocycles. The SMILES string of the molecule is OCCCCCCCC[N+]12CC[N+](CCCCCCCC[N+]34CC[N+](CCCCCCCC[N+]56CC[N+](CCCCCCCC[N+]78CC[N+](CCCCCCCC[N+]9%10CC[N+](CCCCCCCCO)(CC9)CC%10)(CC7)CC8)(CC5)CC6)(CC3)CC4)(CC1)CC2. The second-order valence-electron chi connectivity index (χ2n) is 35.5. The van der Waals surface area contributed by atoms with E-state index in [-0.39, 0.29) is 0 Å². The van der Waals surface area contributed by atoms with Gasteiger partial charge >= 0.3 is 0 Å². The lowest BCUT2D eigenvalue weighted by Gasteiger charge is -2.56. The van der Waals surface area contributed by atoms with Crippen molar-refractivity contribution >= 4 is 0 Å². The van der Waals surface area contributed by atoms with Crippen LogP contribution in [-0.2, 0) is 0 Å². The molecule has 0 saturated carbocycles. The lowest BCUT2D eigenvalue weighted by Crippen LogP contribution is -2.75. The van der Waals surface area contributed by atoms with Crippen LogP contribution in [0.2, 0.25) is 0 Å². The lowest BCUT2D eigenvalue weighted by atomic mass is 10.0. The maximum Gasteiger partial charge on any atom is 0.129 e. The van der Waals surface area contributed by atoms with Crippen molar-refractivity contribution < 1.29 is 55.0 Å². The van der Waals surface area contributed by atoms with Gasteiger partial charge in [-0.15, -0.1) is 0 Å². The number of rotatable bonds is 52. The van der Waals surface area contributed by atoms with Gasteiger partial charge in [0.1, 0.15) is 196 Å². The molecule has 522 valence electrons. The van der Waals surface area contributed by atoms with Crippen LogP contribution < -0.4 is 0 Å². The highest BCUT2D eigenvalue weighted by atomic mass is 16.3. The number of fused-ring (bicyclic) bond motifs is 15. The second-order valence-corrected chi connectivity index (χ2v) is 35.5. The molecule has 10 bridgehead atoms. The molecule has 15 rings (SSSR count). The predicted octanol–water partition coefficient (Wildman–Crippen LogP) is 11.3. The fourth-order valence-corrected chi connectivity index (χ4v) is 22.0. The van der Waals surface area contributed by atoms with E-state index in [0.717, 1.165) is 12.8 Å². The molecular weight excluding hydrogens is 1110 g/mol. The summed E-state index contributed by atoms with van der Waals surface area (Å²) in [5.41, 5.74) is 0. The number of aliphatic hydroxyl groups excluding tert-OH is 2. The summed E-state index contributed by atoms with van der Waals surface area (Å²) < 4.78 is 14.8. The van der Waals surface area contributed by atoms with Crippen molar-refractivity contribution in [1.29, 1.82) is 0 Å². The van der Waals surface area contributed by atoms with Crippen molar-refractivity contribution in [2.45, 2.75) is 231 Å². The lowest BCUT2D eigenvalue weighted by molar-refractivity contribution is -1.08. The Kier molecular flexibility index (Phi) is 28.8. The molecular formula is C78H158N10O2+10. The molecule has 15 saturated heterocycles. The molecule has 12 nitrogen and oxygen atoms in total. The van der Waals surface area contributed by atoms with E-state index in [1.54, 1.807) is 0 Å². The minimum atomic E-state index is 0.374. The molecule has 12 heteroatoms. The van der Waals surface area contributed by atoms with E-state index in [1.165, 1.54) is 525 Å². The third-order valence-corrected chi connectivity index (χ3v) is 29.9. The topological polar surface area (TPSA) is 40.5 Å². The molecule has 0 aromatic carbocycles. The van der Waals surface area contributed by atoms with E-state index >= 15 is 0 Å². The average molecular weight is 1270 g/mol. The van der Waals surface area contributed by atoms with Crippen LogP contribution in [0.5, 0.6) is 0 Å². The summed E-state index contributed by atoms with van der Waals surface area (Å²) in [5, 5.41) is 18.1. The molecule has 15 aliphatic rings. The standard InChI is InChI=1S/C78H158N10O2/c89-77-35-23-11-9-21-33-45-87-71-65-85(66-72-87,67-73-87)43-31-19-7-5-17-29-41-83-59-53-81(54-60-83,55-61-83)39-27-15-3-1-13-25-37-79-47-50-80(51-48-79,52-49-79)38-26-14-2-4-16-28-40-82-56-62-84(63-57-82,64-58-82)42-30-18-6-8-20-32-44-86-68-74-88(75-69-86,76-70-86)46-34-22-10-12-24-36-78-90/h89-90H,1-78H2/q+10. The van der Waals surface area contributed by atoms with Crippen LogP contribution in [0.4, 0.5) is 0 Å². The molecule has 0 unspecified atom stereocenters. The second kappa shape index (κ2) is 35.9. The first-order valence-electron chi connectivity index (χ1n) is 41.8. The number of unbranched alkanes of at least 4 members (excludes halogenated alkanes) is 30. The molecule has 0 aliphatic carbocycles. The number of hydrogen-bond acceptors (Lipinski definition) is 2. The maximum absolute atomic E-state index is 9.03. The molecule has 90 heavy (non-hydrogen) atoms. The van der Waals surface area contributed by atoms with Gasteiger partial charge in [0.15, 0.2) is 0 Å². The van der Waals surface area contributed by atoms with Gasteiger partial charge in [0.2, 0.25) is 0 Å². The van der Waals surface area contributed by atoms with E-state index in [9.17, 15) is 0 Å². The van der Waals surface area contributed by atoms with Gasteiger partial charge in [-0.1, -0.05) is 89.9 Å². The van der Waals surface area contributed by atoms with Crippen molar-refractivity contribution in [2.75, 3.05) is 275 Å². The highest BCUT2D eigenvalue weighted by Gasteiger charge is 2.53. The minimum Gasteiger partial charge on any atom is -0.396 e.